The molecular weight excluding hydrogens is 180 g/mol. The molecule has 12 heavy (non-hydrogen) atoms. The molecule has 0 fully saturated rings. The summed E-state index contributed by atoms with van der Waals surface area (Å²) in [6.45, 7) is 6.01. The van der Waals surface area contributed by atoms with E-state index in [0.717, 1.165) is 5.56 Å². The Morgan fingerprint density at radius 2 is 1.67 bits per heavy atom. The molecule has 0 heterocycles. The van der Waals surface area contributed by atoms with E-state index < -0.39 is 0 Å². The summed E-state index contributed by atoms with van der Waals surface area (Å²) in [4.78, 5) is 0. The van der Waals surface area contributed by atoms with Gasteiger partial charge in [0.05, 0.1) is 0 Å². The summed E-state index contributed by atoms with van der Waals surface area (Å²) in [6.07, 6.45) is 2.40. The molecule has 0 aromatic heterocycles. The van der Waals surface area contributed by atoms with E-state index in [-0.39, 0.29) is 35.5 Å². The first kappa shape index (κ1) is 14.7. The molecule has 0 saturated carbocycles. The number of halogens is 1. The van der Waals surface area contributed by atoms with Crippen LogP contribution in [-0.4, -0.2) is 23.1 Å². The van der Waals surface area contributed by atoms with Gasteiger partial charge in [0, 0.05) is 0 Å². The monoisotopic (exact) mass is 192 g/mol. The van der Waals surface area contributed by atoms with Crippen LogP contribution in [0.15, 0.2) is 24.3 Å². The minimum atomic E-state index is 0. The maximum atomic E-state index is 3.82. The smallest absolute Gasteiger partial charge is 1.00 e. The van der Waals surface area contributed by atoms with E-state index in [2.05, 4.69) is 38.1 Å². The molecule has 0 radical (unpaired) electrons. The summed E-state index contributed by atoms with van der Waals surface area (Å²) < 4.78 is 0. The van der Waals surface area contributed by atoms with Crippen LogP contribution in [-0.2, 0) is 6.42 Å². The first-order valence-electron chi connectivity index (χ1n) is 3.74. The van der Waals surface area contributed by atoms with Gasteiger partial charge in [-0.25, -0.2) is 0 Å². The summed E-state index contributed by atoms with van der Waals surface area (Å²) in [7, 11) is 0. The van der Waals surface area contributed by atoms with E-state index in [1.54, 1.807) is 0 Å². The first-order valence-corrected chi connectivity index (χ1v) is 3.74. The van der Waals surface area contributed by atoms with Gasteiger partial charge in [0.25, 0.3) is 0 Å². The van der Waals surface area contributed by atoms with Crippen LogP contribution in [0.5, 0.6) is 0 Å². The second-order valence-electron chi connectivity index (χ2n) is 2.57. The third kappa shape index (κ3) is 4.91. The summed E-state index contributed by atoms with van der Waals surface area (Å²) in [5.74, 6) is 0. The third-order valence-corrected chi connectivity index (χ3v) is 1.56. The van der Waals surface area contributed by atoms with Crippen LogP contribution in [0.2, 0.25) is 0 Å². The molecule has 0 aliphatic heterocycles. The van der Waals surface area contributed by atoms with Crippen LogP contribution in [0.1, 0.15) is 24.5 Å². The molecule has 1 aromatic rings. The quantitative estimate of drug-likeness (QED) is 0.436. The van der Waals surface area contributed by atoms with E-state index >= 15 is 0 Å². The summed E-state index contributed by atoms with van der Waals surface area (Å²) in [5, 5.41) is 0. The van der Waals surface area contributed by atoms with E-state index in [1.165, 1.54) is 18.4 Å². The van der Waals surface area contributed by atoms with Gasteiger partial charge in [-0.15, -0.1) is 12.1 Å². The maximum absolute atomic E-state index is 3.82. The van der Waals surface area contributed by atoms with Gasteiger partial charge < -0.3 is 12.4 Å². The van der Waals surface area contributed by atoms with Gasteiger partial charge in [-0.2, -0.15) is 24.6 Å². The van der Waals surface area contributed by atoms with Gasteiger partial charge in [-0.3, -0.25) is 0 Å². The first-order chi connectivity index (χ1) is 4.83. The molecule has 0 bridgehead atoms. The zero-order chi connectivity index (χ0) is 7.40. The van der Waals surface area contributed by atoms with Gasteiger partial charge in [0.1, 0.15) is 0 Å². The van der Waals surface area contributed by atoms with E-state index in [4.69, 9.17) is 0 Å². The fraction of sp³-hybridized carbons (Fsp3) is 0.300. The molecule has 0 atom stereocenters. The molecule has 2 heteroatoms. The summed E-state index contributed by atoms with van der Waals surface area (Å²) in [5.41, 5.74) is 2.51. The Morgan fingerprint density at radius 1 is 1.17 bits per heavy atom. The fourth-order valence-electron chi connectivity index (χ4n) is 0.995. The molecule has 0 aliphatic rings. The van der Waals surface area contributed by atoms with Crippen LogP contribution >= 0.6 is 0 Å². The van der Waals surface area contributed by atoms with Gasteiger partial charge in [-0.05, 0) is 6.42 Å². The average Bonchev–Trinajstić information content (AvgIpc) is 1.95. The third-order valence-electron chi connectivity index (χ3n) is 1.56. The Morgan fingerprint density at radius 3 is 2.08 bits per heavy atom. The van der Waals surface area contributed by atoms with Crippen LogP contribution in [0.4, 0.5) is 0 Å². The van der Waals surface area contributed by atoms with Crippen molar-refractivity contribution < 1.29 is 12.4 Å². The molecule has 0 amide bonds. The largest absolute Gasteiger partial charge is 2.00 e. The Kier molecular flexibility index (Phi) is 9.50. The molecule has 0 saturated heterocycles. The topological polar surface area (TPSA) is 0 Å². The molecule has 0 aliphatic carbocycles. The van der Waals surface area contributed by atoms with Crippen LogP contribution in [0.25, 0.3) is 0 Å². The molecule has 1 rings (SSSR count). The zero-order valence-electron chi connectivity index (χ0n) is 7.52. The fourth-order valence-corrected chi connectivity index (χ4v) is 0.995. The minimum Gasteiger partial charge on any atom is -1.00 e. The molecule has 62 valence electrons. The van der Waals surface area contributed by atoms with Crippen LogP contribution < -0.4 is 12.4 Å². The van der Waals surface area contributed by atoms with Gasteiger partial charge >= 0.3 is 23.1 Å². The minimum absolute atomic E-state index is 0. The molecule has 0 unspecified atom stereocenters. The molecule has 0 spiro atoms. The van der Waals surface area contributed by atoms with Crippen molar-refractivity contribution in [2.45, 2.75) is 19.8 Å². The van der Waals surface area contributed by atoms with Crippen LogP contribution in [0, 0.1) is 6.92 Å². The molecule has 0 N–H and O–H groups in total. The van der Waals surface area contributed by atoms with Crippen molar-refractivity contribution in [1.29, 1.82) is 0 Å². The van der Waals surface area contributed by atoms with Crippen molar-refractivity contribution in [2.75, 3.05) is 0 Å². The second kappa shape index (κ2) is 7.78. The van der Waals surface area contributed by atoms with Crippen molar-refractivity contribution in [1.82, 2.24) is 0 Å². The zero-order valence-corrected chi connectivity index (χ0v) is 9.69. The predicted octanol–water partition coefficient (Wildman–Crippen LogP) is -0.556. The number of hydrogen-bond donors (Lipinski definition) is 0. The maximum Gasteiger partial charge on any atom is 2.00 e. The summed E-state index contributed by atoms with van der Waals surface area (Å²) in [6, 6.07) is 8.41. The molecule has 0 nitrogen and oxygen atoms in total. The number of rotatable bonds is 2. The average molecular weight is 193 g/mol. The van der Waals surface area contributed by atoms with E-state index in [1.807, 2.05) is 0 Å². The van der Waals surface area contributed by atoms with Gasteiger partial charge in [-0.1, -0.05) is 18.9 Å². The van der Waals surface area contributed by atoms with Crippen molar-refractivity contribution in [3.05, 3.63) is 42.3 Å². The molecular formula is C10H13ClMg. The number of aryl methyl sites for hydroxylation is 1. The van der Waals surface area contributed by atoms with Crippen molar-refractivity contribution in [3.8, 4) is 0 Å². The molecule has 1 aromatic carbocycles. The van der Waals surface area contributed by atoms with Gasteiger partial charge in [0.15, 0.2) is 0 Å². The van der Waals surface area contributed by atoms with Gasteiger partial charge in [0.2, 0.25) is 0 Å². The van der Waals surface area contributed by atoms with E-state index in [0.29, 0.717) is 0 Å². The summed E-state index contributed by atoms with van der Waals surface area (Å²) >= 11 is 0. The SMILES string of the molecule is [CH2-]c1ccc(CCC)cc1.[Cl-].[Mg+2]. The normalized spacial score (nSPS) is 8.08. The van der Waals surface area contributed by atoms with Crippen molar-refractivity contribution >= 4 is 23.1 Å². The standard InChI is InChI=1S/C10H13.ClH.Mg/c1-3-4-10-7-5-9(2)6-8-10;;/h5-8H,2-4H2,1H3;1H;/q-1;;+2/p-1. The second-order valence-corrected chi connectivity index (χ2v) is 2.57. The van der Waals surface area contributed by atoms with Crippen LogP contribution in [0.3, 0.4) is 0 Å². The Hall–Kier alpha value is 0.146. The number of hydrogen-bond acceptors (Lipinski definition) is 0. The Balaban J connectivity index is 0. The van der Waals surface area contributed by atoms with Crippen molar-refractivity contribution in [2.24, 2.45) is 0 Å². The van der Waals surface area contributed by atoms with Crippen molar-refractivity contribution in [3.63, 3.8) is 0 Å². The Labute approximate surface area is 97.3 Å². The number of benzene rings is 1. The Bertz CT molecular complexity index is 193. The van der Waals surface area contributed by atoms with E-state index in [9.17, 15) is 0 Å². The predicted molar refractivity (Wildman–Crippen MR) is 50.7 cm³/mol.